The van der Waals surface area contributed by atoms with Crippen molar-refractivity contribution in [3.05, 3.63) is 0 Å². The monoisotopic (exact) mass is 200 g/mol. The van der Waals surface area contributed by atoms with E-state index < -0.39 is 0 Å². The second kappa shape index (κ2) is 8.03. The van der Waals surface area contributed by atoms with E-state index in [0.29, 0.717) is 0 Å². The van der Waals surface area contributed by atoms with Gasteiger partial charge in [0, 0.05) is 19.3 Å². The van der Waals surface area contributed by atoms with E-state index in [0.717, 1.165) is 44.9 Å². The fraction of sp³-hybridized carbons (Fsp3) is 0.600. The smallest absolute Gasteiger partial charge is 0.00913 e. The van der Waals surface area contributed by atoms with Crippen molar-refractivity contribution in [3.63, 3.8) is 0 Å². The summed E-state index contributed by atoms with van der Waals surface area (Å²) < 4.78 is 0. The Kier molecular flexibility index (Phi) is 7.32. The van der Waals surface area contributed by atoms with Gasteiger partial charge in [0.25, 0.3) is 0 Å². The Balaban J connectivity index is 4.40. The number of terminal acetylenes is 3. The van der Waals surface area contributed by atoms with Gasteiger partial charge in [-0.05, 0) is 24.7 Å². The van der Waals surface area contributed by atoms with Crippen LogP contribution in [0.3, 0.4) is 0 Å². The van der Waals surface area contributed by atoms with Crippen LogP contribution in [-0.4, -0.2) is 0 Å². The molecular formula is C15H20. The van der Waals surface area contributed by atoms with Crippen LogP contribution in [0.15, 0.2) is 0 Å². The van der Waals surface area contributed by atoms with E-state index in [4.69, 9.17) is 19.3 Å². The topological polar surface area (TPSA) is 0 Å². The molecule has 0 unspecified atom stereocenters. The minimum Gasteiger partial charge on any atom is -0.120 e. The molecular weight excluding hydrogens is 180 g/mol. The molecule has 0 aromatic rings. The minimum atomic E-state index is 0.269. The molecule has 0 fully saturated rings. The van der Waals surface area contributed by atoms with Crippen LogP contribution in [0.5, 0.6) is 0 Å². The van der Waals surface area contributed by atoms with Crippen LogP contribution in [-0.2, 0) is 0 Å². The van der Waals surface area contributed by atoms with Crippen LogP contribution < -0.4 is 0 Å². The lowest BCUT2D eigenvalue weighted by atomic mass is 9.73. The first-order chi connectivity index (χ1) is 7.24. The summed E-state index contributed by atoms with van der Waals surface area (Å²) in [5.41, 5.74) is 0.269. The van der Waals surface area contributed by atoms with Gasteiger partial charge in [-0.15, -0.1) is 37.0 Å². The normalized spacial score (nSPS) is 10.0. The second-order valence-corrected chi connectivity index (χ2v) is 3.97. The van der Waals surface area contributed by atoms with E-state index in [1.54, 1.807) is 0 Å². The highest BCUT2D eigenvalue weighted by molar-refractivity contribution is 4.95. The molecule has 0 radical (unpaired) electrons. The lowest BCUT2D eigenvalue weighted by molar-refractivity contribution is 0.217. The molecule has 0 atom stereocenters. The van der Waals surface area contributed by atoms with Crippen molar-refractivity contribution in [3.8, 4) is 37.0 Å². The van der Waals surface area contributed by atoms with Crippen LogP contribution in [0.2, 0.25) is 0 Å². The average molecular weight is 200 g/mol. The van der Waals surface area contributed by atoms with Crippen molar-refractivity contribution in [1.82, 2.24) is 0 Å². The summed E-state index contributed by atoms with van der Waals surface area (Å²) in [4.78, 5) is 0. The highest BCUT2D eigenvalue weighted by atomic mass is 14.3. The van der Waals surface area contributed by atoms with E-state index >= 15 is 0 Å². The van der Waals surface area contributed by atoms with Crippen molar-refractivity contribution in [2.75, 3.05) is 0 Å². The molecule has 0 nitrogen and oxygen atoms in total. The summed E-state index contributed by atoms with van der Waals surface area (Å²) in [6, 6.07) is 0. The Morgan fingerprint density at radius 2 is 1.13 bits per heavy atom. The van der Waals surface area contributed by atoms with Gasteiger partial charge in [0.2, 0.25) is 0 Å². The van der Waals surface area contributed by atoms with Gasteiger partial charge in [-0.2, -0.15) is 0 Å². The molecule has 80 valence electrons. The molecule has 0 saturated carbocycles. The molecule has 0 aliphatic carbocycles. The van der Waals surface area contributed by atoms with E-state index in [1.165, 1.54) is 0 Å². The van der Waals surface area contributed by atoms with Crippen LogP contribution in [0.25, 0.3) is 0 Å². The van der Waals surface area contributed by atoms with E-state index in [-0.39, 0.29) is 5.41 Å². The number of hydrogen-bond donors (Lipinski definition) is 0. The molecule has 0 amide bonds. The van der Waals surface area contributed by atoms with Crippen molar-refractivity contribution < 1.29 is 0 Å². The Morgan fingerprint density at radius 3 is 1.33 bits per heavy atom. The summed E-state index contributed by atoms with van der Waals surface area (Å²) in [7, 11) is 0. The van der Waals surface area contributed by atoms with Gasteiger partial charge in [0.05, 0.1) is 0 Å². The molecule has 0 heteroatoms. The van der Waals surface area contributed by atoms with Crippen LogP contribution in [0, 0.1) is 42.4 Å². The number of rotatable bonds is 7. The van der Waals surface area contributed by atoms with Gasteiger partial charge in [0.15, 0.2) is 0 Å². The quantitative estimate of drug-likeness (QED) is 0.551. The molecule has 0 saturated heterocycles. The first-order valence-corrected chi connectivity index (χ1v) is 5.55. The highest BCUT2D eigenvalue weighted by Gasteiger charge is 2.25. The molecule has 0 aromatic carbocycles. The molecule has 0 heterocycles. The molecule has 0 N–H and O–H groups in total. The third-order valence-electron chi connectivity index (χ3n) is 3.15. The fourth-order valence-electron chi connectivity index (χ4n) is 1.92. The van der Waals surface area contributed by atoms with Crippen LogP contribution in [0.1, 0.15) is 51.9 Å². The predicted molar refractivity (Wildman–Crippen MR) is 66.9 cm³/mol. The van der Waals surface area contributed by atoms with Gasteiger partial charge >= 0.3 is 0 Å². The SMILES string of the molecule is C#CCCC(CC)(CCC#C)CCC#C. The van der Waals surface area contributed by atoms with Gasteiger partial charge in [-0.1, -0.05) is 13.3 Å². The van der Waals surface area contributed by atoms with Crippen molar-refractivity contribution in [1.29, 1.82) is 0 Å². The fourth-order valence-corrected chi connectivity index (χ4v) is 1.92. The zero-order valence-corrected chi connectivity index (χ0v) is 9.68. The maximum Gasteiger partial charge on any atom is 0.00913 e. The van der Waals surface area contributed by atoms with Crippen molar-refractivity contribution in [2.24, 2.45) is 5.41 Å². The first kappa shape index (κ1) is 13.7. The number of hydrogen-bond acceptors (Lipinski definition) is 0. The summed E-state index contributed by atoms with van der Waals surface area (Å²) in [6.45, 7) is 2.20. The molecule has 0 aliphatic rings. The van der Waals surface area contributed by atoms with Gasteiger partial charge in [0.1, 0.15) is 0 Å². The Hall–Kier alpha value is -1.32. The van der Waals surface area contributed by atoms with Crippen molar-refractivity contribution in [2.45, 2.75) is 51.9 Å². The Labute approximate surface area is 94.8 Å². The van der Waals surface area contributed by atoms with E-state index in [9.17, 15) is 0 Å². The van der Waals surface area contributed by atoms with Gasteiger partial charge in [-0.3, -0.25) is 0 Å². The Morgan fingerprint density at radius 1 is 0.800 bits per heavy atom. The lowest BCUT2D eigenvalue weighted by Gasteiger charge is -2.31. The largest absolute Gasteiger partial charge is 0.120 e. The average Bonchev–Trinajstić information content (AvgIpc) is 2.29. The highest BCUT2D eigenvalue weighted by Crippen LogP contribution is 2.37. The molecule has 0 rings (SSSR count). The van der Waals surface area contributed by atoms with Gasteiger partial charge in [-0.25, -0.2) is 0 Å². The van der Waals surface area contributed by atoms with E-state index in [2.05, 4.69) is 24.7 Å². The summed E-state index contributed by atoms with van der Waals surface area (Å²) >= 11 is 0. The summed E-state index contributed by atoms with van der Waals surface area (Å²) in [5.74, 6) is 8.12. The second-order valence-electron chi connectivity index (χ2n) is 3.97. The molecule has 15 heavy (non-hydrogen) atoms. The van der Waals surface area contributed by atoms with Crippen molar-refractivity contribution >= 4 is 0 Å². The Bertz CT molecular complexity index is 231. The maximum atomic E-state index is 5.32. The van der Waals surface area contributed by atoms with Gasteiger partial charge < -0.3 is 0 Å². The summed E-state index contributed by atoms with van der Waals surface area (Å²) in [6.07, 6.45) is 22.7. The third kappa shape index (κ3) is 5.20. The summed E-state index contributed by atoms with van der Waals surface area (Å²) in [5, 5.41) is 0. The van der Waals surface area contributed by atoms with E-state index in [1.807, 2.05) is 0 Å². The maximum absolute atomic E-state index is 5.32. The molecule has 0 aromatic heterocycles. The minimum absolute atomic E-state index is 0.269. The molecule has 0 bridgehead atoms. The zero-order chi connectivity index (χ0) is 11.6. The third-order valence-corrected chi connectivity index (χ3v) is 3.15. The lowest BCUT2D eigenvalue weighted by Crippen LogP contribution is -2.19. The first-order valence-electron chi connectivity index (χ1n) is 5.55. The van der Waals surface area contributed by atoms with Crippen LogP contribution >= 0.6 is 0 Å². The standard InChI is InChI=1S/C15H20/c1-5-9-12-15(8-4,13-10-6-2)14-11-7-3/h1-3H,8-14H2,4H3. The molecule has 0 spiro atoms. The predicted octanol–water partition coefficient (Wildman–Crippen LogP) is 3.62. The molecule has 0 aliphatic heterocycles. The zero-order valence-electron chi connectivity index (χ0n) is 9.68. The van der Waals surface area contributed by atoms with Crippen LogP contribution in [0.4, 0.5) is 0 Å².